The van der Waals surface area contributed by atoms with E-state index in [4.69, 9.17) is 0 Å². The predicted octanol–water partition coefficient (Wildman–Crippen LogP) is 3.49. The Morgan fingerprint density at radius 1 is 1.00 bits per heavy atom. The Labute approximate surface area is 268 Å². The molecule has 9 nitrogen and oxygen atoms in total. The van der Waals surface area contributed by atoms with Gasteiger partial charge in [0.15, 0.2) is 0 Å². The van der Waals surface area contributed by atoms with Crippen molar-refractivity contribution in [3.63, 3.8) is 0 Å². The standard InChI is InChI=1S/C35H48N4O5S/c1-4-20-39(33(40)23-27-14-16-32(17-15-27)45(43,44)36(2)3)31-18-21-37(22-19-31)24-30-25-38(34(41)28-10-8-9-11-28)26-35(30,42)29-12-6-5-7-13-29/h4-7,12-17,28,30-31,42H,1,8-11,18-26H2,2-3H3/t30-,35-/m0/s1. The molecule has 2 saturated heterocycles. The normalized spacial score (nSPS) is 23.5. The maximum atomic E-state index is 13.5. The zero-order valence-corrected chi connectivity index (χ0v) is 27.5. The van der Waals surface area contributed by atoms with Gasteiger partial charge < -0.3 is 19.8 Å². The van der Waals surface area contributed by atoms with Gasteiger partial charge in [-0.2, -0.15) is 0 Å². The molecule has 45 heavy (non-hydrogen) atoms. The number of β-amino-alcohol motifs (C(OH)–C–C–N with tert-alkyl or cyclic N) is 1. The van der Waals surface area contributed by atoms with Gasteiger partial charge in [0.1, 0.15) is 5.60 Å². The number of sulfonamides is 1. The first-order chi connectivity index (χ1) is 21.5. The van der Waals surface area contributed by atoms with Crippen molar-refractivity contribution >= 4 is 21.8 Å². The third-order valence-electron chi connectivity index (χ3n) is 10.0. The number of nitrogens with zero attached hydrogens (tertiary/aromatic N) is 4. The van der Waals surface area contributed by atoms with Crippen LogP contribution in [-0.4, -0.2) is 104 Å². The van der Waals surface area contributed by atoms with Gasteiger partial charge in [-0.1, -0.05) is 61.4 Å². The van der Waals surface area contributed by atoms with Crippen molar-refractivity contribution < 1.29 is 23.1 Å². The molecule has 2 amide bonds. The van der Waals surface area contributed by atoms with Crippen molar-refractivity contribution in [1.29, 1.82) is 0 Å². The van der Waals surface area contributed by atoms with Crippen molar-refractivity contribution in [2.24, 2.45) is 11.8 Å². The lowest BCUT2D eigenvalue weighted by atomic mass is 9.83. The Bertz CT molecular complexity index is 1430. The second-order valence-corrected chi connectivity index (χ2v) is 15.3. The van der Waals surface area contributed by atoms with Crippen LogP contribution >= 0.6 is 0 Å². The number of likely N-dealkylation sites (tertiary alicyclic amines) is 2. The van der Waals surface area contributed by atoms with E-state index in [-0.39, 0.29) is 41.0 Å². The fourth-order valence-corrected chi connectivity index (χ4v) is 8.25. The topological polar surface area (TPSA) is 101 Å². The minimum Gasteiger partial charge on any atom is -0.383 e. The molecule has 2 atom stereocenters. The molecule has 2 aromatic carbocycles. The highest BCUT2D eigenvalue weighted by atomic mass is 32.2. The molecule has 10 heteroatoms. The van der Waals surface area contributed by atoms with Gasteiger partial charge in [-0.25, -0.2) is 12.7 Å². The number of piperidine rings is 1. The van der Waals surface area contributed by atoms with Crippen molar-refractivity contribution in [3.05, 3.63) is 78.4 Å². The van der Waals surface area contributed by atoms with Gasteiger partial charge in [0, 0.05) is 64.7 Å². The van der Waals surface area contributed by atoms with Gasteiger partial charge in [-0.3, -0.25) is 9.59 Å². The third-order valence-corrected chi connectivity index (χ3v) is 11.8. The highest BCUT2D eigenvalue weighted by Crippen LogP contribution is 2.40. The lowest BCUT2D eigenvalue weighted by molar-refractivity contribution is -0.135. The zero-order chi connectivity index (χ0) is 32.2. The summed E-state index contributed by atoms with van der Waals surface area (Å²) < 4.78 is 26.0. The molecule has 244 valence electrons. The van der Waals surface area contributed by atoms with Gasteiger partial charge in [-0.05, 0) is 48.9 Å². The fourth-order valence-electron chi connectivity index (χ4n) is 7.35. The van der Waals surface area contributed by atoms with Crippen molar-refractivity contribution in [2.75, 3.05) is 53.4 Å². The Balaban J connectivity index is 1.21. The quantitative estimate of drug-likeness (QED) is 0.379. The number of carbonyl (C=O) groups is 2. The molecule has 1 saturated carbocycles. The van der Waals surface area contributed by atoms with Crippen LogP contribution < -0.4 is 0 Å². The molecule has 0 spiro atoms. The Morgan fingerprint density at radius 2 is 1.64 bits per heavy atom. The van der Waals surface area contributed by atoms with Gasteiger partial charge in [0.2, 0.25) is 21.8 Å². The third kappa shape index (κ3) is 7.35. The SMILES string of the molecule is C=CCN(C(=O)Cc1ccc(S(=O)(=O)N(C)C)cc1)C1CCN(C[C@H]2CN(C(=O)C3CCCC3)C[C@]2(O)c2ccccc2)CC1. The maximum Gasteiger partial charge on any atom is 0.242 e. The molecule has 5 rings (SSSR count). The molecule has 2 heterocycles. The predicted molar refractivity (Wildman–Crippen MR) is 175 cm³/mol. The van der Waals surface area contributed by atoms with Crippen LogP contribution in [0.15, 0.2) is 72.1 Å². The van der Waals surface area contributed by atoms with E-state index in [9.17, 15) is 23.1 Å². The number of hydrogen-bond donors (Lipinski definition) is 1. The smallest absolute Gasteiger partial charge is 0.242 e. The van der Waals surface area contributed by atoms with E-state index in [2.05, 4.69) is 11.5 Å². The number of carbonyl (C=O) groups excluding carboxylic acids is 2. The molecular formula is C35H48N4O5S. The first-order valence-electron chi connectivity index (χ1n) is 16.2. The van der Waals surface area contributed by atoms with Gasteiger partial charge >= 0.3 is 0 Å². The summed E-state index contributed by atoms with van der Waals surface area (Å²) in [6, 6.07) is 16.4. The van der Waals surface area contributed by atoms with Crippen LogP contribution in [0.5, 0.6) is 0 Å². The average molecular weight is 637 g/mol. The van der Waals surface area contributed by atoms with Crippen molar-refractivity contribution in [3.8, 4) is 0 Å². The highest BCUT2D eigenvalue weighted by molar-refractivity contribution is 7.89. The number of hydrogen-bond acceptors (Lipinski definition) is 6. The number of amides is 2. The molecule has 0 aromatic heterocycles. The summed E-state index contributed by atoms with van der Waals surface area (Å²) in [5.41, 5.74) is 0.530. The van der Waals surface area contributed by atoms with E-state index in [0.29, 0.717) is 26.2 Å². The second-order valence-electron chi connectivity index (χ2n) is 13.2. The van der Waals surface area contributed by atoms with Crippen LogP contribution in [0.1, 0.15) is 49.7 Å². The Morgan fingerprint density at radius 3 is 2.24 bits per heavy atom. The molecule has 1 N–H and O–H groups in total. The van der Waals surface area contributed by atoms with E-state index in [1.165, 1.54) is 18.4 Å². The Kier molecular flexibility index (Phi) is 10.5. The summed E-state index contributed by atoms with van der Waals surface area (Å²) in [4.78, 5) is 33.2. The van der Waals surface area contributed by atoms with Crippen LogP contribution in [0.2, 0.25) is 0 Å². The monoisotopic (exact) mass is 636 g/mol. The van der Waals surface area contributed by atoms with E-state index < -0.39 is 15.6 Å². The lowest BCUT2D eigenvalue weighted by Crippen LogP contribution is -2.50. The summed E-state index contributed by atoms with van der Waals surface area (Å²) in [7, 11) is -0.537. The lowest BCUT2D eigenvalue weighted by Gasteiger charge is -2.40. The van der Waals surface area contributed by atoms with E-state index in [1.54, 1.807) is 30.3 Å². The average Bonchev–Trinajstić information content (AvgIpc) is 3.70. The summed E-state index contributed by atoms with van der Waals surface area (Å²) in [6.07, 6.45) is 7.65. The molecule has 3 aliphatic rings. The van der Waals surface area contributed by atoms with Gasteiger partial charge in [0.05, 0.1) is 17.9 Å². The fraction of sp³-hybridized carbons (Fsp3) is 0.543. The number of rotatable bonds is 11. The first-order valence-corrected chi connectivity index (χ1v) is 17.7. The molecule has 3 fully saturated rings. The summed E-state index contributed by atoms with van der Waals surface area (Å²) in [5.74, 6) is 0.159. The first kappa shape index (κ1) is 33.3. The van der Waals surface area contributed by atoms with E-state index in [0.717, 1.165) is 62.7 Å². The maximum absolute atomic E-state index is 13.5. The van der Waals surface area contributed by atoms with Crippen LogP contribution in [0.4, 0.5) is 0 Å². The van der Waals surface area contributed by atoms with E-state index in [1.807, 2.05) is 40.1 Å². The summed E-state index contributed by atoms with van der Waals surface area (Å²) in [6.45, 7) is 7.48. The molecule has 1 aliphatic carbocycles. The molecule has 0 bridgehead atoms. The van der Waals surface area contributed by atoms with Crippen molar-refractivity contribution in [1.82, 2.24) is 19.0 Å². The number of aliphatic hydroxyl groups is 1. The molecule has 0 unspecified atom stereocenters. The molecule has 0 radical (unpaired) electrons. The summed E-state index contributed by atoms with van der Waals surface area (Å²) >= 11 is 0. The minimum absolute atomic E-state index is 0.00752. The van der Waals surface area contributed by atoms with Crippen molar-refractivity contribution in [2.45, 2.75) is 61.5 Å². The molecular weight excluding hydrogens is 588 g/mol. The van der Waals surface area contributed by atoms with Gasteiger partial charge in [-0.15, -0.1) is 6.58 Å². The summed E-state index contributed by atoms with van der Waals surface area (Å²) in [5, 5.41) is 12.1. The van der Waals surface area contributed by atoms with E-state index >= 15 is 0 Å². The minimum atomic E-state index is -3.53. The Hall–Kier alpha value is -3.05. The zero-order valence-electron chi connectivity index (χ0n) is 26.7. The van der Waals surface area contributed by atoms with Crippen LogP contribution in [0.25, 0.3) is 0 Å². The number of benzene rings is 2. The second kappa shape index (κ2) is 14.2. The van der Waals surface area contributed by atoms with Crippen LogP contribution in [0, 0.1) is 11.8 Å². The van der Waals surface area contributed by atoms with Crippen LogP contribution in [0.3, 0.4) is 0 Å². The molecule has 2 aromatic rings. The van der Waals surface area contributed by atoms with Gasteiger partial charge in [0.25, 0.3) is 0 Å². The highest BCUT2D eigenvalue weighted by Gasteiger charge is 2.49. The largest absolute Gasteiger partial charge is 0.383 e. The molecule has 2 aliphatic heterocycles. The van der Waals surface area contributed by atoms with Crippen LogP contribution in [-0.2, 0) is 31.6 Å².